The van der Waals surface area contributed by atoms with Crippen molar-refractivity contribution in [3.63, 3.8) is 0 Å². The molecule has 1 N–H and O–H groups in total. The van der Waals surface area contributed by atoms with Gasteiger partial charge in [-0.05, 0) is 31.0 Å². The summed E-state index contributed by atoms with van der Waals surface area (Å²) in [5.41, 5.74) is 0.874. The largest absolute Gasteiger partial charge is 0.357 e. The van der Waals surface area contributed by atoms with E-state index in [1.54, 1.807) is 12.5 Å². The molecule has 0 aliphatic carbocycles. The minimum atomic E-state index is 0.417. The van der Waals surface area contributed by atoms with Gasteiger partial charge < -0.3 is 14.8 Å². The summed E-state index contributed by atoms with van der Waals surface area (Å²) in [5, 5.41) is 9.32. The van der Waals surface area contributed by atoms with Gasteiger partial charge >= 0.3 is 0 Å². The van der Waals surface area contributed by atoms with E-state index < -0.39 is 0 Å². The molecule has 3 aromatic heterocycles. The summed E-state index contributed by atoms with van der Waals surface area (Å²) >= 11 is 0. The molecule has 1 fully saturated rings. The number of aromatic amines is 1. The maximum absolute atomic E-state index is 4.47. The second kappa shape index (κ2) is 5.83. The van der Waals surface area contributed by atoms with Crippen molar-refractivity contribution in [2.75, 3.05) is 29.9 Å². The van der Waals surface area contributed by atoms with E-state index in [0.717, 1.165) is 42.2 Å². The predicted molar refractivity (Wildman–Crippen MR) is 89.6 cm³/mol. The Kier molecular flexibility index (Phi) is 3.53. The van der Waals surface area contributed by atoms with E-state index in [0.29, 0.717) is 6.04 Å². The molecule has 118 valence electrons. The molecule has 0 radical (unpaired) electrons. The topological polar surface area (TPSA) is 73.8 Å². The van der Waals surface area contributed by atoms with Gasteiger partial charge in [0.15, 0.2) is 5.82 Å². The third-order valence-electron chi connectivity index (χ3n) is 4.41. The van der Waals surface area contributed by atoms with Crippen LogP contribution in [0, 0.1) is 0 Å². The summed E-state index contributed by atoms with van der Waals surface area (Å²) in [4.78, 5) is 16.4. The van der Waals surface area contributed by atoms with Crippen molar-refractivity contribution in [3.8, 4) is 0 Å². The lowest BCUT2D eigenvalue weighted by Crippen LogP contribution is -2.39. The molecule has 0 amide bonds. The number of rotatable bonds is 4. The monoisotopic (exact) mass is 309 g/mol. The van der Waals surface area contributed by atoms with E-state index in [1.807, 2.05) is 24.4 Å². The molecule has 4 heterocycles. The van der Waals surface area contributed by atoms with Gasteiger partial charge in [-0.2, -0.15) is 5.10 Å². The molecule has 0 spiro atoms. The lowest BCUT2D eigenvalue weighted by molar-refractivity contribution is 0.644. The SMILES string of the molecule is CN(C[C@@H]1CCCN1c1cccnn1)c1ncnc2[nH]ccc12. The Morgan fingerprint density at radius 2 is 2.30 bits per heavy atom. The van der Waals surface area contributed by atoms with Crippen LogP contribution in [0.25, 0.3) is 11.0 Å². The maximum atomic E-state index is 4.47. The van der Waals surface area contributed by atoms with E-state index in [2.05, 4.69) is 42.0 Å². The van der Waals surface area contributed by atoms with Gasteiger partial charge in [-0.25, -0.2) is 9.97 Å². The first-order valence-electron chi connectivity index (χ1n) is 7.86. The van der Waals surface area contributed by atoms with Gasteiger partial charge in [-0.15, -0.1) is 5.10 Å². The van der Waals surface area contributed by atoms with Crippen molar-refractivity contribution in [1.82, 2.24) is 25.1 Å². The van der Waals surface area contributed by atoms with Crippen LogP contribution in [0.15, 0.2) is 36.9 Å². The first-order chi connectivity index (χ1) is 11.3. The van der Waals surface area contributed by atoms with Crippen LogP contribution >= 0.6 is 0 Å². The van der Waals surface area contributed by atoms with Gasteiger partial charge in [0.05, 0.1) is 5.39 Å². The Morgan fingerprint density at radius 1 is 1.35 bits per heavy atom. The van der Waals surface area contributed by atoms with Crippen LogP contribution in [-0.2, 0) is 0 Å². The van der Waals surface area contributed by atoms with Crippen molar-refractivity contribution in [2.45, 2.75) is 18.9 Å². The molecule has 0 bridgehead atoms. The van der Waals surface area contributed by atoms with E-state index >= 15 is 0 Å². The van der Waals surface area contributed by atoms with Crippen LogP contribution in [0.3, 0.4) is 0 Å². The highest BCUT2D eigenvalue weighted by molar-refractivity contribution is 5.87. The van der Waals surface area contributed by atoms with Crippen LogP contribution in [0.5, 0.6) is 0 Å². The second-order valence-electron chi connectivity index (χ2n) is 5.89. The predicted octanol–water partition coefficient (Wildman–Crippen LogP) is 1.85. The zero-order valence-corrected chi connectivity index (χ0v) is 13.1. The lowest BCUT2D eigenvalue weighted by Gasteiger charge is -2.29. The fourth-order valence-corrected chi connectivity index (χ4v) is 3.34. The Hall–Kier alpha value is -2.70. The third kappa shape index (κ3) is 2.58. The molecule has 7 nitrogen and oxygen atoms in total. The fraction of sp³-hybridized carbons (Fsp3) is 0.375. The molecule has 0 unspecified atom stereocenters. The van der Waals surface area contributed by atoms with Gasteiger partial charge in [-0.3, -0.25) is 0 Å². The Bertz CT molecular complexity index is 785. The first-order valence-corrected chi connectivity index (χ1v) is 7.86. The summed E-state index contributed by atoms with van der Waals surface area (Å²) < 4.78 is 0. The van der Waals surface area contributed by atoms with Crippen molar-refractivity contribution in [3.05, 3.63) is 36.9 Å². The van der Waals surface area contributed by atoms with Gasteiger partial charge in [0, 0.05) is 38.6 Å². The van der Waals surface area contributed by atoms with Crippen LogP contribution in [0.1, 0.15) is 12.8 Å². The Labute approximate surface area is 134 Å². The molecule has 1 aliphatic rings. The molecule has 3 aromatic rings. The number of hydrogen-bond acceptors (Lipinski definition) is 6. The standard InChI is InChI=1S/C16H19N7/c1-22(16-13-6-8-17-15(13)18-11-19-16)10-12-4-3-9-23(12)14-5-2-7-20-21-14/h2,5-8,11-12H,3-4,9-10H2,1H3,(H,17,18,19)/t12-/m0/s1. The molecule has 0 aromatic carbocycles. The number of likely N-dealkylation sites (N-methyl/N-ethyl adjacent to an activating group) is 1. The molecule has 4 rings (SSSR count). The molecule has 7 heteroatoms. The van der Waals surface area contributed by atoms with Gasteiger partial charge in [0.2, 0.25) is 0 Å². The zero-order chi connectivity index (χ0) is 15.6. The highest BCUT2D eigenvalue weighted by Gasteiger charge is 2.27. The van der Waals surface area contributed by atoms with Crippen molar-refractivity contribution < 1.29 is 0 Å². The lowest BCUT2D eigenvalue weighted by atomic mass is 10.2. The summed E-state index contributed by atoms with van der Waals surface area (Å²) in [7, 11) is 2.09. The minimum Gasteiger partial charge on any atom is -0.357 e. The second-order valence-corrected chi connectivity index (χ2v) is 5.89. The van der Waals surface area contributed by atoms with Crippen LogP contribution in [-0.4, -0.2) is 51.3 Å². The van der Waals surface area contributed by atoms with Gasteiger partial charge in [0.25, 0.3) is 0 Å². The number of hydrogen-bond donors (Lipinski definition) is 1. The third-order valence-corrected chi connectivity index (χ3v) is 4.41. The van der Waals surface area contributed by atoms with Crippen LogP contribution in [0.2, 0.25) is 0 Å². The molecule has 0 saturated carbocycles. The van der Waals surface area contributed by atoms with Crippen molar-refractivity contribution in [2.24, 2.45) is 0 Å². The fourth-order valence-electron chi connectivity index (χ4n) is 3.34. The van der Waals surface area contributed by atoms with Crippen LogP contribution in [0.4, 0.5) is 11.6 Å². The van der Waals surface area contributed by atoms with Crippen molar-refractivity contribution in [1.29, 1.82) is 0 Å². The number of nitrogens with zero attached hydrogens (tertiary/aromatic N) is 6. The number of nitrogens with one attached hydrogen (secondary N) is 1. The number of anilines is 2. The van der Waals surface area contributed by atoms with Gasteiger partial charge in [-0.1, -0.05) is 0 Å². The molecular formula is C16H19N7. The molecule has 1 saturated heterocycles. The zero-order valence-electron chi connectivity index (χ0n) is 13.1. The van der Waals surface area contributed by atoms with Crippen molar-refractivity contribution >= 4 is 22.7 Å². The normalized spacial score (nSPS) is 17.8. The molecule has 1 aliphatic heterocycles. The number of fused-ring (bicyclic) bond motifs is 1. The van der Waals surface area contributed by atoms with E-state index in [4.69, 9.17) is 0 Å². The maximum Gasteiger partial charge on any atom is 0.151 e. The summed E-state index contributed by atoms with van der Waals surface area (Å²) in [5.74, 6) is 1.92. The highest BCUT2D eigenvalue weighted by atomic mass is 15.3. The molecule has 1 atom stereocenters. The minimum absolute atomic E-state index is 0.417. The van der Waals surface area contributed by atoms with Gasteiger partial charge in [0.1, 0.15) is 17.8 Å². The van der Waals surface area contributed by atoms with E-state index in [1.165, 1.54) is 6.42 Å². The molecular weight excluding hydrogens is 290 g/mol. The average molecular weight is 309 g/mol. The highest BCUT2D eigenvalue weighted by Crippen LogP contribution is 2.26. The Morgan fingerprint density at radius 3 is 3.17 bits per heavy atom. The summed E-state index contributed by atoms with van der Waals surface area (Å²) in [6.45, 7) is 1.93. The molecule has 23 heavy (non-hydrogen) atoms. The Balaban J connectivity index is 1.56. The quantitative estimate of drug-likeness (QED) is 0.793. The first kappa shape index (κ1) is 13.9. The van der Waals surface area contributed by atoms with E-state index in [9.17, 15) is 0 Å². The van der Waals surface area contributed by atoms with Crippen LogP contribution < -0.4 is 9.80 Å². The number of aromatic nitrogens is 5. The average Bonchev–Trinajstić information content (AvgIpc) is 3.24. The van der Waals surface area contributed by atoms with E-state index in [-0.39, 0.29) is 0 Å². The number of H-pyrrole nitrogens is 1. The summed E-state index contributed by atoms with van der Waals surface area (Å²) in [6, 6.07) is 6.41. The smallest absolute Gasteiger partial charge is 0.151 e. The summed E-state index contributed by atoms with van der Waals surface area (Å²) in [6.07, 6.45) is 7.56.